The average molecular weight is 348 g/mol. The van der Waals surface area contributed by atoms with Crippen LogP contribution in [0.4, 0.5) is 10.5 Å². The zero-order valence-corrected chi connectivity index (χ0v) is 13.3. The molecule has 0 unspecified atom stereocenters. The van der Waals surface area contributed by atoms with E-state index in [1.165, 1.54) is 6.08 Å². The molecule has 1 aromatic rings. The van der Waals surface area contributed by atoms with Gasteiger partial charge in [0, 0.05) is 11.6 Å². The fourth-order valence-electron chi connectivity index (χ4n) is 1.96. The van der Waals surface area contributed by atoms with E-state index in [9.17, 15) is 24.8 Å². The van der Waals surface area contributed by atoms with Gasteiger partial charge in [0.05, 0.1) is 29.0 Å². The number of aromatic hydroxyl groups is 1. The molecule has 1 aliphatic heterocycles. The molecule has 1 N–H and O–H groups in total. The molecule has 0 aromatic heterocycles. The smallest absolute Gasteiger partial charge is 0.294 e. The second-order valence-corrected chi connectivity index (χ2v) is 5.54. The maximum Gasteiger partial charge on any atom is 0.294 e. The van der Waals surface area contributed by atoms with Crippen LogP contribution in [0.25, 0.3) is 6.08 Å². The topological polar surface area (TPSA) is 110 Å². The van der Waals surface area contributed by atoms with Crippen LogP contribution in [0.15, 0.2) is 17.0 Å². The molecule has 124 valence electrons. The summed E-state index contributed by atoms with van der Waals surface area (Å²) in [6.45, 7) is 1.67. The Hall–Kier alpha value is -2.99. The molecule has 8 nitrogen and oxygen atoms in total. The normalized spacial score (nSPS) is 15.7. The summed E-state index contributed by atoms with van der Waals surface area (Å²) in [4.78, 5) is 35.1. The molecular formula is C15H12N2O6S. The molecule has 0 bridgehead atoms. The summed E-state index contributed by atoms with van der Waals surface area (Å²) in [6.07, 6.45) is 6.31. The third-order valence-electron chi connectivity index (χ3n) is 3.01. The Morgan fingerprint density at radius 3 is 2.79 bits per heavy atom. The molecule has 0 atom stereocenters. The third kappa shape index (κ3) is 3.33. The van der Waals surface area contributed by atoms with E-state index >= 15 is 0 Å². The summed E-state index contributed by atoms with van der Waals surface area (Å²) in [5, 5.41) is 20.6. The van der Waals surface area contributed by atoms with E-state index in [0.717, 1.165) is 17.0 Å². The third-order valence-corrected chi connectivity index (χ3v) is 3.92. The van der Waals surface area contributed by atoms with Gasteiger partial charge in [0.15, 0.2) is 11.5 Å². The van der Waals surface area contributed by atoms with Crippen LogP contribution in [-0.4, -0.2) is 39.2 Å². The van der Waals surface area contributed by atoms with Gasteiger partial charge in [-0.3, -0.25) is 24.6 Å². The minimum Gasteiger partial charge on any atom is -0.504 e. The molecule has 1 heterocycles. The van der Waals surface area contributed by atoms with Crippen LogP contribution in [-0.2, 0) is 4.79 Å². The number of nitro groups is 1. The van der Waals surface area contributed by atoms with Gasteiger partial charge in [-0.1, -0.05) is 5.92 Å². The van der Waals surface area contributed by atoms with E-state index in [1.807, 2.05) is 0 Å². The van der Waals surface area contributed by atoms with Crippen molar-refractivity contribution in [2.24, 2.45) is 0 Å². The second-order valence-electron chi connectivity index (χ2n) is 4.54. The number of carbonyl (C=O) groups is 2. The number of rotatable bonds is 5. The van der Waals surface area contributed by atoms with Crippen LogP contribution in [0, 0.1) is 22.5 Å². The lowest BCUT2D eigenvalue weighted by molar-refractivity contribution is -0.385. The number of thioether (sulfide) groups is 1. The van der Waals surface area contributed by atoms with Gasteiger partial charge >= 0.3 is 0 Å². The van der Waals surface area contributed by atoms with Crippen molar-refractivity contribution in [3.63, 3.8) is 0 Å². The Bertz CT molecular complexity index is 796. The zero-order valence-electron chi connectivity index (χ0n) is 12.5. The standard InChI is InChI=1S/C15H12N2O6S/c1-3-5-16-14(19)12(24-15(16)20)7-9-6-10(17(21)22)8-11(13(9)18)23-4-2/h1,6-8,18H,4-5H2,2H3/b12-7+. The lowest BCUT2D eigenvalue weighted by Gasteiger charge is -2.09. The molecule has 0 saturated carbocycles. The first-order valence-electron chi connectivity index (χ1n) is 6.72. The lowest BCUT2D eigenvalue weighted by atomic mass is 10.1. The maximum atomic E-state index is 12.1. The predicted molar refractivity (Wildman–Crippen MR) is 87.4 cm³/mol. The van der Waals surface area contributed by atoms with Crippen molar-refractivity contribution < 1.29 is 24.4 Å². The van der Waals surface area contributed by atoms with Crippen LogP contribution >= 0.6 is 11.8 Å². The van der Waals surface area contributed by atoms with Gasteiger partial charge in [-0.25, -0.2) is 0 Å². The van der Waals surface area contributed by atoms with Crippen LogP contribution in [0.3, 0.4) is 0 Å². The minimum absolute atomic E-state index is 0.00106. The highest BCUT2D eigenvalue weighted by molar-refractivity contribution is 8.18. The van der Waals surface area contributed by atoms with Gasteiger partial charge in [0.1, 0.15) is 0 Å². The van der Waals surface area contributed by atoms with E-state index in [1.54, 1.807) is 6.92 Å². The van der Waals surface area contributed by atoms with E-state index in [0.29, 0.717) is 11.8 Å². The van der Waals surface area contributed by atoms with Crippen molar-refractivity contribution in [3.05, 3.63) is 32.7 Å². The lowest BCUT2D eigenvalue weighted by Crippen LogP contribution is -2.28. The molecule has 1 aliphatic rings. The molecule has 9 heteroatoms. The number of hydrogen-bond acceptors (Lipinski definition) is 7. The van der Waals surface area contributed by atoms with Crippen LogP contribution in [0.5, 0.6) is 11.5 Å². The number of carbonyl (C=O) groups excluding carboxylic acids is 2. The summed E-state index contributed by atoms with van der Waals surface area (Å²) in [6, 6.07) is 2.17. The maximum absolute atomic E-state index is 12.1. The molecule has 2 amide bonds. The Labute approximate surface area is 141 Å². The monoisotopic (exact) mass is 348 g/mol. The van der Waals surface area contributed by atoms with Gasteiger partial charge in [0.25, 0.3) is 16.8 Å². The van der Waals surface area contributed by atoms with E-state index < -0.39 is 16.1 Å². The van der Waals surface area contributed by atoms with Crippen molar-refractivity contribution in [2.45, 2.75) is 6.92 Å². The number of nitro benzene ring substituents is 1. The molecule has 1 fully saturated rings. The summed E-state index contributed by atoms with van der Waals surface area (Å²) < 4.78 is 5.16. The number of benzene rings is 1. The molecular weight excluding hydrogens is 336 g/mol. The van der Waals surface area contributed by atoms with E-state index in [-0.39, 0.29) is 40.8 Å². The largest absolute Gasteiger partial charge is 0.504 e. The van der Waals surface area contributed by atoms with Crippen molar-refractivity contribution in [2.75, 3.05) is 13.2 Å². The zero-order chi connectivity index (χ0) is 17.9. The van der Waals surface area contributed by atoms with Crippen LogP contribution in [0.1, 0.15) is 12.5 Å². The molecule has 1 saturated heterocycles. The van der Waals surface area contributed by atoms with Gasteiger partial charge in [-0.2, -0.15) is 0 Å². The molecule has 0 aliphatic carbocycles. The van der Waals surface area contributed by atoms with Crippen molar-refractivity contribution in [1.82, 2.24) is 4.90 Å². The highest BCUT2D eigenvalue weighted by atomic mass is 32.2. The summed E-state index contributed by atoms with van der Waals surface area (Å²) >= 11 is 0.640. The highest BCUT2D eigenvalue weighted by Gasteiger charge is 2.34. The molecule has 2 rings (SSSR count). The molecule has 0 radical (unpaired) electrons. The Balaban J connectivity index is 2.49. The first-order valence-corrected chi connectivity index (χ1v) is 7.53. The first kappa shape index (κ1) is 17.4. The number of nitrogens with zero attached hydrogens (tertiary/aromatic N) is 2. The molecule has 1 aromatic carbocycles. The summed E-state index contributed by atoms with van der Waals surface area (Å²) in [5.41, 5.74) is -0.316. The number of hydrogen-bond donors (Lipinski definition) is 1. The molecule has 24 heavy (non-hydrogen) atoms. The number of terminal acetylenes is 1. The number of phenols is 1. The molecule has 0 spiro atoms. The van der Waals surface area contributed by atoms with Crippen molar-refractivity contribution in [1.29, 1.82) is 0 Å². The Morgan fingerprint density at radius 2 is 2.21 bits per heavy atom. The highest BCUT2D eigenvalue weighted by Crippen LogP contribution is 2.39. The number of amides is 2. The van der Waals surface area contributed by atoms with Gasteiger partial charge in [-0.15, -0.1) is 6.42 Å². The Kier molecular flexibility index (Phi) is 5.11. The second kappa shape index (κ2) is 7.06. The fraction of sp³-hybridized carbons (Fsp3) is 0.200. The number of ether oxygens (including phenoxy) is 1. The minimum atomic E-state index is -0.649. The van der Waals surface area contributed by atoms with Crippen LogP contribution < -0.4 is 4.74 Å². The Morgan fingerprint density at radius 1 is 1.50 bits per heavy atom. The van der Waals surface area contributed by atoms with E-state index in [2.05, 4.69) is 5.92 Å². The predicted octanol–water partition coefficient (Wildman–Crippen LogP) is 2.37. The van der Waals surface area contributed by atoms with Crippen molar-refractivity contribution in [3.8, 4) is 23.8 Å². The van der Waals surface area contributed by atoms with E-state index in [4.69, 9.17) is 11.2 Å². The summed E-state index contributed by atoms with van der Waals surface area (Å²) in [7, 11) is 0. The van der Waals surface area contributed by atoms with Crippen molar-refractivity contribution >= 4 is 34.7 Å². The van der Waals surface area contributed by atoms with Gasteiger partial charge in [0.2, 0.25) is 0 Å². The summed E-state index contributed by atoms with van der Waals surface area (Å²) in [5.74, 6) is 1.14. The van der Waals surface area contributed by atoms with Crippen LogP contribution in [0.2, 0.25) is 0 Å². The average Bonchev–Trinajstić information content (AvgIpc) is 2.79. The SMILES string of the molecule is C#CCN1C(=O)S/C(=C/c2cc([N+](=O)[O-])cc(OCC)c2O)C1=O. The number of non-ortho nitro benzene ring substituents is 1. The number of phenolic OH excluding ortho intramolecular Hbond substituents is 1. The van der Waals surface area contributed by atoms with Gasteiger partial charge < -0.3 is 9.84 Å². The quantitative estimate of drug-likeness (QED) is 0.376. The fourth-order valence-corrected chi connectivity index (χ4v) is 2.79. The number of imide groups is 1. The van der Waals surface area contributed by atoms with Gasteiger partial charge in [-0.05, 0) is 24.8 Å². The first-order chi connectivity index (χ1) is 11.4.